The average molecular weight is 352 g/mol. The van der Waals surface area contributed by atoms with Crippen molar-refractivity contribution < 1.29 is 4.79 Å². The summed E-state index contributed by atoms with van der Waals surface area (Å²) in [4.78, 5) is 16.5. The summed E-state index contributed by atoms with van der Waals surface area (Å²) in [6.45, 7) is 2.50. The lowest BCUT2D eigenvalue weighted by Crippen LogP contribution is -2.23. The molecular formula is C20H18ClN3O. The van der Waals surface area contributed by atoms with E-state index in [1.54, 1.807) is 24.5 Å². The molecule has 2 N–H and O–H groups in total. The molecule has 3 aromatic rings. The van der Waals surface area contributed by atoms with Crippen molar-refractivity contribution in [3.63, 3.8) is 0 Å². The van der Waals surface area contributed by atoms with E-state index in [0.29, 0.717) is 22.8 Å². The quantitative estimate of drug-likeness (QED) is 0.699. The Labute approximate surface area is 151 Å². The monoisotopic (exact) mass is 351 g/mol. The lowest BCUT2D eigenvalue weighted by atomic mass is 10.1. The van der Waals surface area contributed by atoms with Crippen LogP contribution in [0.25, 0.3) is 0 Å². The fraction of sp³-hybridized carbons (Fsp3) is 0.100. The fourth-order valence-electron chi connectivity index (χ4n) is 2.46. The number of rotatable bonds is 5. The highest BCUT2D eigenvalue weighted by Crippen LogP contribution is 2.24. The van der Waals surface area contributed by atoms with Gasteiger partial charge in [0.05, 0.1) is 28.2 Å². The van der Waals surface area contributed by atoms with Crippen molar-refractivity contribution in [2.45, 2.75) is 13.5 Å². The SMILES string of the molecule is Cc1cccc(CNC(=O)c2cncc(Nc3ccccc3Cl)c2)c1. The number of amides is 1. The Hall–Kier alpha value is -2.85. The van der Waals surface area contributed by atoms with Crippen molar-refractivity contribution in [1.29, 1.82) is 0 Å². The first-order chi connectivity index (χ1) is 12.1. The molecule has 0 saturated heterocycles. The summed E-state index contributed by atoms with van der Waals surface area (Å²) >= 11 is 6.14. The van der Waals surface area contributed by atoms with Crippen molar-refractivity contribution in [2.75, 3.05) is 5.32 Å². The molecule has 0 saturated carbocycles. The molecule has 126 valence electrons. The smallest absolute Gasteiger partial charge is 0.253 e. The molecular weight excluding hydrogens is 334 g/mol. The third-order valence-corrected chi connectivity index (χ3v) is 4.02. The number of pyridine rings is 1. The topological polar surface area (TPSA) is 54.0 Å². The first-order valence-electron chi connectivity index (χ1n) is 7.92. The summed E-state index contributed by atoms with van der Waals surface area (Å²) in [5.74, 6) is -0.170. The zero-order chi connectivity index (χ0) is 17.6. The summed E-state index contributed by atoms with van der Waals surface area (Å²) < 4.78 is 0. The molecule has 0 radical (unpaired) electrons. The molecule has 3 rings (SSSR count). The number of para-hydroxylation sites is 1. The molecule has 0 aliphatic rings. The van der Waals surface area contributed by atoms with Crippen LogP contribution in [0.4, 0.5) is 11.4 Å². The van der Waals surface area contributed by atoms with E-state index in [4.69, 9.17) is 11.6 Å². The average Bonchev–Trinajstić information content (AvgIpc) is 2.62. The predicted octanol–water partition coefficient (Wildman–Crippen LogP) is 4.72. The number of hydrogen-bond acceptors (Lipinski definition) is 3. The maximum atomic E-state index is 12.4. The maximum Gasteiger partial charge on any atom is 0.253 e. The Balaban J connectivity index is 1.68. The standard InChI is InChI=1S/C20H18ClN3O/c1-14-5-4-6-15(9-14)11-23-20(25)16-10-17(13-22-12-16)24-19-8-3-2-7-18(19)21/h2-10,12-13,24H,11H2,1H3,(H,23,25). The Morgan fingerprint density at radius 1 is 1.08 bits per heavy atom. The molecule has 1 heterocycles. The molecule has 0 unspecified atom stereocenters. The van der Waals surface area contributed by atoms with Gasteiger partial charge in [-0.2, -0.15) is 0 Å². The molecule has 0 spiro atoms. The zero-order valence-electron chi connectivity index (χ0n) is 13.8. The van der Waals surface area contributed by atoms with Gasteiger partial charge in [0.1, 0.15) is 0 Å². The Morgan fingerprint density at radius 2 is 1.92 bits per heavy atom. The predicted molar refractivity (Wildman–Crippen MR) is 101 cm³/mol. The number of anilines is 2. The number of nitrogens with one attached hydrogen (secondary N) is 2. The second kappa shape index (κ2) is 7.81. The van der Waals surface area contributed by atoms with Gasteiger partial charge in [-0.25, -0.2) is 0 Å². The van der Waals surface area contributed by atoms with Crippen molar-refractivity contribution in [3.8, 4) is 0 Å². The number of carbonyl (C=O) groups excluding carboxylic acids is 1. The van der Waals surface area contributed by atoms with Gasteiger partial charge in [0.25, 0.3) is 5.91 Å². The minimum Gasteiger partial charge on any atom is -0.353 e. The van der Waals surface area contributed by atoms with E-state index in [0.717, 1.165) is 11.3 Å². The van der Waals surface area contributed by atoms with E-state index in [-0.39, 0.29) is 5.91 Å². The first-order valence-corrected chi connectivity index (χ1v) is 8.30. The van der Waals surface area contributed by atoms with Crippen LogP contribution in [-0.4, -0.2) is 10.9 Å². The summed E-state index contributed by atoms with van der Waals surface area (Å²) in [5, 5.41) is 6.69. The highest BCUT2D eigenvalue weighted by molar-refractivity contribution is 6.33. The molecule has 0 fully saturated rings. The van der Waals surface area contributed by atoms with Crippen molar-refractivity contribution in [1.82, 2.24) is 10.3 Å². The zero-order valence-corrected chi connectivity index (χ0v) is 14.5. The maximum absolute atomic E-state index is 12.4. The number of carbonyl (C=O) groups is 1. The van der Waals surface area contributed by atoms with Crippen molar-refractivity contribution >= 4 is 28.9 Å². The van der Waals surface area contributed by atoms with E-state index >= 15 is 0 Å². The van der Waals surface area contributed by atoms with Gasteiger partial charge >= 0.3 is 0 Å². The van der Waals surface area contributed by atoms with E-state index in [9.17, 15) is 4.79 Å². The second-order valence-electron chi connectivity index (χ2n) is 5.74. The van der Waals surface area contributed by atoms with Crippen LogP contribution < -0.4 is 10.6 Å². The fourth-order valence-corrected chi connectivity index (χ4v) is 2.64. The van der Waals surface area contributed by atoms with E-state index in [1.165, 1.54) is 5.56 Å². The molecule has 0 aliphatic heterocycles. The van der Waals surface area contributed by atoms with Crippen molar-refractivity contribution in [2.24, 2.45) is 0 Å². The lowest BCUT2D eigenvalue weighted by Gasteiger charge is -2.10. The third kappa shape index (κ3) is 4.58. The molecule has 0 aliphatic carbocycles. The number of aromatic nitrogens is 1. The van der Waals surface area contributed by atoms with Crippen LogP contribution in [0.15, 0.2) is 67.0 Å². The Kier molecular flexibility index (Phi) is 5.31. The van der Waals surface area contributed by atoms with Gasteiger partial charge in [-0.05, 0) is 30.7 Å². The molecule has 5 heteroatoms. The van der Waals surface area contributed by atoms with Crippen LogP contribution >= 0.6 is 11.6 Å². The summed E-state index contributed by atoms with van der Waals surface area (Å²) in [6, 6.07) is 17.2. The minimum atomic E-state index is -0.170. The van der Waals surface area contributed by atoms with Crippen LogP contribution in [0.3, 0.4) is 0 Å². The Bertz CT molecular complexity index is 895. The van der Waals surface area contributed by atoms with Crippen molar-refractivity contribution in [3.05, 3.63) is 88.7 Å². The number of nitrogens with zero attached hydrogens (tertiary/aromatic N) is 1. The van der Waals surface area contributed by atoms with Gasteiger partial charge < -0.3 is 10.6 Å². The summed E-state index contributed by atoms with van der Waals surface area (Å²) in [5.41, 5.74) is 4.19. The van der Waals surface area contributed by atoms with Gasteiger partial charge in [0, 0.05) is 12.7 Å². The van der Waals surface area contributed by atoms with E-state index < -0.39 is 0 Å². The minimum absolute atomic E-state index is 0.170. The number of halogens is 1. The van der Waals surface area contributed by atoms with E-state index in [2.05, 4.69) is 15.6 Å². The lowest BCUT2D eigenvalue weighted by molar-refractivity contribution is 0.0950. The molecule has 0 atom stereocenters. The highest BCUT2D eigenvalue weighted by atomic mass is 35.5. The van der Waals surface area contributed by atoms with Crippen LogP contribution in [0.1, 0.15) is 21.5 Å². The normalized spacial score (nSPS) is 10.3. The highest BCUT2D eigenvalue weighted by Gasteiger charge is 2.08. The van der Waals surface area contributed by atoms with Gasteiger partial charge in [-0.1, -0.05) is 53.6 Å². The first kappa shape index (κ1) is 17.0. The number of benzene rings is 2. The molecule has 1 amide bonds. The largest absolute Gasteiger partial charge is 0.353 e. The third-order valence-electron chi connectivity index (χ3n) is 3.69. The molecule has 4 nitrogen and oxygen atoms in total. The molecule has 0 bridgehead atoms. The molecule has 1 aromatic heterocycles. The van der Waals surface area contributed by atoms with E-state index in [1.807, 2.05) is 49.4 Å². The second-order valence-corrected chi connectivity index (χ2v) is 6.15. The van der Waals surface area contributed by atoms with Gasteiger partial charge in [0.2, 0.25) is 0 Å². The molecule has 25 heavy (non-hydrogen) atoms. The van der Waals surface area contributed by atoms with Gasteiger partial charge in [-0.3, -0.25) is 9.78 Å². The molecule has 2 aromatic carbocycles. The van der Waals surface area contributed by atoms with Crippen LogP contribution in [0.2, 0.25) is 5.02 Å². The summed E-state index contributed by atoms with van der Waals surface area (Å²) in [7, 11) is 0. The summed E-state index contributed by atoms with van der Waals surface area (Å²) in [6.07, 6.45) is 3.20. The van der Waals surface area contributed by atoms with Crippen LogP contribution in [0, 0.1) is 6.92 Å². The number of aryl methyl sites for hydroxylation is 1. The van der Waals surface area contributed by atoms with Gasteiger partial charge in [0.15, 0.2) is 0 Å². The van der Waals surface area contributed by atoms with Crippen LogP contribution in [-0.2, 0) is 6.54 Å². The van der Waals surface area contributed by atoms with Gasteiger partial charge in [-0.15, -0.1) is 0 Å². The van der Waals surface area contributed by atoms with Crippen LogP contribution in [0.5, 0.6) is 0 Å². The number of hydrogen-bond donors (Lipinski definition) is 2. The Morgan fingerprint density at radius 3 is 2.72 bits per heavy atom.